The number of urea groups is 1. The van der Waals surface area contributed by atoms with E-state index in [0.29, 0.717) is 16.4 Å². The number of ether oxygens (including phenoxy) is 1. The molecule has 0 saturated carbocycles. The minimum absolute atomic E-state index is 0.266. The van der Waals surface area contributed by atoms with Gasteiger partial charge in [0.15, 0.2) is 0 Å². The molecule has 2 aromatic rings. The van der Waals surface area contributed by atoms with E-state index in [1.165, 1.54) is 7.11 Å². The molecule has 2 rings (SSSR count). The molecule has 0 aliphatic heterocycles. The molecule has 0 unspecified atom stereocenters. The molecule has 2 N–H and O–H groups in total. The summed E-state index contributed by atoms with van der Waals surface area (Å²) in [5, 5.41) is 5.60. The first kappa shape index (κ1) is 16.3. The lowest BCUT2D eigenvalue weighted by Crippen LogP contribution is -2.21. The lowest BCUT2D eigenvalue weighted by molar-refractivity contribution is 0.0602. The number of amides is 2. The van der Waals surface area contributed by atoms with Gasteiger partial charge in [-0.15, -0.1) is 0 Å². The number of methoxy groups -OCH3 is 1. The summed E-state index contributed by atoms with van der Waals surface area (Å²) >= 11 is 9.32. The maximum absolute atomic E-state index is 12.0. The molecular formula is C15H12BrClN2O3. The van der Waals surface area contributed by atoms with Gasteiger partial charge in [0, 0.05) is 4.47 Å². The number of para-hydroxylation sites is 1. The molecule has 0 aliphatic carbocycles. The van der Waals surface area contributed by atoms with Crippen LogP contribution in [0.2, 0.25) is 5.02 Å². The van der Waals surface area contributed by atoms with Crippen LogP contribution in [0.15, 0.2) is 46.9 Å². The molecule has 0 heterocycles. The lowest BCUT2D eigenvalue weighted by atomic mass is 10.2. The lowest BCUT2D eigenvalue weighted by Gasteiger charge is -2.11. The molecule has 0 aliphatic rings. The summed E-state index contributed by atoms with van der Waals surface area (Å²) in [5.74, 6) is -0.530. The topological polar surface area (TPSA) is 67.4 Å². The van der Waals surface area contributed by atoms with Crippen molar-refractivity contribution in [3.05, 3.63) is 57.5 Å². The summed E-state index contributed by atoms with van der Waals surface area (Å²) in [5.41, 5.74) is 1.07. The van der Waals surface area contributed by atoms with Gasteiger partial charge in [0.2, 0.25) is 0 Å². The number of carbonyl (C=O) groups excluding carboxylic acids is 2. The molecule has 0 aromatic heterocycles. The van der Waals surface area contributed by atoms with Gasteiger partial charge in [-0.3, -0.25) is 0 Å². The first-order valence-electron chi connectivity index (χ1n) is 6.21. The quantitative estimate of drug-likeness (QED) is 0.765. The first-order chi connectivity index (χ1) is 10.5. The molecule has 114 valence electrons. The Morgan fingerprint density at radius 2 is 1.77 bits per heavy atom. The van der Waals surface area contributed by atoms with Crippen molar-refractivity contribution in [2.75, 3.05) is 17.7 Å². The molecule has 2 amide bonds. The van der Waals surface area contributed by atoms with Gasteiger partial charge in [-0.25, -0.2) is 9.59 Å². The van der Waals surface area contributed by atoms with Crippen molar-refractivity contribution >= 4 is 50.9 Å². The van der Waals surface area contributed by atoms with E-state index in [1.807, 2.05) is 0 Å². The van der Waals surface area contributed by atoms with Crippen molar-refractivity contribution in [1.29, 1.82) is 0 Å². The van der Waals surface area contributed by atoms with Crippen LogP contribution in [-0.2, 0) is 4.74 Å². The summed E-state index contributed by atoms with van der Waals surface area (Å²) in [6, 6.07) is 11.1. The van der Waals surface area contributed by atoms with E-state index >= 15 is 0 Å². The minimum Gasteiger partial charge on any atom is -0.465 e. The van der Waals surface area contributed by atoms with Crippen molar-refractivity contribution in [3.8, 4) is 0 Å². The summed E-state index contributed by atoms with van der Waals surface area (Å²) in [6.45, 7) is 0. The number of hydrogen-bond donors (Lipinski definition) is 2. The van der Waals surface area contributed by atoms with Crippen LogP contribution < -0.4 is 10.6 Å². The second-order valence-corrected chi connectivity index (χ2v) is 5.56. The highest BCUT2D eigenvalue weighted by Crippen LogP contribution is 2.26. The number of rotatable bonds is 3. The zero-order chi connectivity index (χ0) is 16.1. The van der Waals surface area contributed by atoms with Crippen LogP contribution in [0.5, 0.6) is 0 Å². The van der Waals surface area contributed by atoms with Crippen LogP contribution in [0.3, 0.4) is 0 Å². The molecule has 0 fully saturated rings. The zero-order valence-corrected chi connectivity index (χ0v) is 13.9. The Labute approximate surface area is 140 Å². The summed E-state index contributed by atoms with van der Waals surface area (Å²) in [7, 11) is 1.28. The molecule has 0 spiro atoms. The second kappa shape index (κ2) is 7.29. The van der Waals surface area contributed by atoms with E-state index in [2.05, 4.69) is 31.3 Å². The van der Waals surface area contributed by atoms with Gasteiger partial charge in [-0.1, -0.05) is 39.7 Å². The number of esters is 1. The third kappa shape index (κ3) is 3.99. The van der Waals surface area contributed by atoms with Crippen molar-refractivity contribution in [2.45, 2.75) is 0 Å². The molecule has 22 heavy (non-hydrogen) atoms. The summed E-state index contributed by atoms with van der Waals surface area (Å²) in [4.78, 5) is 23.7. The van der Waals surface area contributed by atoms with Gasteiger partial charge in [-0.05, 0) is 30.3 Å². The van der Waals surface area contributed by atoms with E-state index in [1.54, 1.807) is 42.5 Å². The van der Waals surface area contributed by atoms with E-state index in [-0.39, 0.29) is 5.56 Å². The third-order valence-electron chi connectivity index (χ3n) is 2.76. The normalized spacial score (nSPS) is 9.95. The van der Waals surface area contributed by atoms with E-state index < -0.39 is 12.0 Å². The molecule has 5 nitrogen and oxygen atoms in total. The molecule has 0 saturated heterocycles. The standard InChI is InChI=1S/C15H12BrClN2O3/c1-22-14(20)10-4-2-3-5-12(10)18-15(21)19-13-7-6-9(16)8-11(13)17/h2-8H,1H3,(H2,18,19,21). The monoisotopic (exact) mass is 382 g/mol. The Morgan fingerprint density at radius 3 is 2.45 bits per heavy atom. The fourth-order valence-electron chi connectivity index (χ4n) is 1.75. The van der Waals surface area contributed by atoms with Crippen molar-refractivity contribution in [3.63, 3.8) is 0 Å². The smallest absolute Gasteiger partial charge is 0.339 e. The molecule has 0 radical (unpaired) electrons. The van der Waals surface area contributed by atoms with Crippen LogP contribution in [-0.4, -0.2) is 19.1 Å². The fraction of sp³-hybridized carbons (Fsp3) is 0.0667. The minimum atomic E-state index is -0.530. The Balaban J connectivity index is 2.14. The number of nitrogens with one attached hydrogen (secondary N) is 2. The number of halogens is 2. The van der Waals surface area contributed by atoms with Crippen LogP contribution >= 0.6 is 27.5 Å². The first-order valence-corrected chi connectivity index (χ1v) is 7.38. The highest BCUT2D eigenvalue weighted by molar-refractivity contribution is 9.10. The third-order valence-corrected chi connectivity index (χ3v) is 3.57. The number of anilines is 2. The van der Waals surface area contributed by atoms with Crippen LogP contribution in [0.25, 0.3) is 0 Å². The largest absolute Gasteiger partial charge is 0.465 e. The highest BCUT2D eigenvalue weighted by atomic mass is 79.9. The number of hydrogen-bond acceptors (Lipinski definition) is 3. The Morgan fingerprint density at radius 1 is 1.09 bits per heavy atom. The maximum atomic E-state index is 12.0. The van der Waals surface area contributed by atoms with E-state index in [0.717, 1.165) is 4.47 Å². The Bertz CT molecular complexity index is 722. The van der Waals surface area contributed by atoms with Crippen LogP contribution in [0, 0.1) is 0 Å². The molecule has 0 atom stereocenters. The van der Waals surface area contributed by atoms with Crippen LogP contribution in [0.1, 0.15) is 10.4 Å². The summed E-state index contributed by atoms with van der Waals surface area (Å²) < 4.78 is 5.48. The molecule has 7 heteroatoms. The molecule has 2 aromatic carbocycles. The van der Waals surface area contributed by atoms with Gasteiger partial charge < -0.3 is 15.4 Å². The number of benzene rings is 2. The van der Waals surface area contributed by atoms with Gasteiger partial charge in [0.1, 0.15) is 0 Å². The van der Waals surface area contributed by atoms with Gasteiger partial charge >= 0.3 is 12.0 Å². The van der Waals surface area contributed by atoms with Crippen molar-refractivity contribution < 1.29 is 14.3 Å². The Hall–Kier alpha value is -2.05. The predicted molar refractivity (Wildman–Crippen MR) is 89.6 cm³/mol. The summed E-state index contributed by atoms with van der Waals surface area (Å²) in [6.07, 6.45) is 0. The van der Waals surface area contributed by atoms with E-state index in [4.69, 9.17) is 11.6 Å². The number of carbonyl (C=O) groups is 2. The van der Waals surface area contributed by atoms with Gasteiger partial charge in [0.25, 0.3) is 0 Å². The maximum Gasteiger partial charge on any atom is 0.339 e. The van der Waals surface area contributed by atoms with Crippen molar-refractivity contribution in [1.82, 2.24) is 0 Å². The van der Waals surface area contributed by atoms with Gasteiger partial charge in [-0.2, -0.15) is 0 Å². The van der Waals surface area contributed by atoms with E-state index in [9.17, 15) is 9.59 Å². The molecule has 0 bridgehead atoms. The SMILES string of the molecule is COC(=O)c1ccccc1NC(=O)Nc1ccc(Br)cc1Cl. The Kier molecular flexibility index (Phi) is 5.41. The zero-order valence-electron chi connectivity index (χ0n) is 11.5. The second-order valence-electron chi connectivity index (χ2n) is 4.24. The van der Waals surface area contributed by atoms with Crippen molar-refractivity contribution in [2.24, 2.45) is 0 Å². The average Bonchev–Trinajstić information content (AvgIpc) is 2.50. The molecular weight excluding hydrogens is 372 g/mol. The average molecular weight is 384 g/mol. The van der Waals surface area contributed by atoms with Crippen LogP contribution in [0.4, 0.5) is 16.2 Å². The fourth-order valence-corrected chi connectivity index (χ4v) is 2.47. The predicted octanol–water partition coefficient (Wildman–Crippen LogP) is 4.53. The highest BCUT2D eigenvalue weighted by Gasteiger charge is 2.13. The van der Waals surface area contributed by atoms with Gasteiger partial charge in [0.05, 0.1) is 29.1 Å².